The average Bonchev–Trinajstić information content (AvgIpc) is 2.36. The fourth-order valence-corrected chi connectivity index (χ4v) is 2.19. The molecule has 21 heavy (non-hydrogen) atoms. The third-order valence-corrected chi connectivity index (χ3v) is 3.41. The Kier molecular flexibility index (Phi) is 6.19. The second-order valence-electron chi connectivity index (χ2n) is 5.92. The summed E-state index contributed by atoms with van der Waals surface area (Å²) in [4.78, 5) is 11.5. The highest BCUT2D eigenvalue weighted by molar-refractivity contribution is 9.10. The summed E-state index contributed by atoms with van der Waals surface area (Å²) in [7, 11) is 0. The molecule has 0 radical (unpaired) electrons. The first kappa shape index (κ1) is 17.9. The van der Waals surface area contributed by atoms with Crippen molar-refractivity contribution in [2.75, 3.05) is 6.54 Å². The lowest BCUT2D eigenvalue weighted by atomic mass is 10.0. The molecule has 0 heterocycles. The third-order valence-electron chi connectivity index (χ3n) is 2.69. The molecule has 0 bridgehead atoms. The van der Waals surface area contributed by atoms with Crippen LogP contribution in [0.3, 0.4) is 0 Å². The molecule has 3 N–H and O–H groups in total. The first-order valence-corrected chi connectivity index (χ1v) is 7.48. The van der Waals surface area contributed by atoms with Crippen LogP contribution < -0.4 is 5.32 Å². The van der Waals surface area contributed by atoms with E-state index in [9.17, 15) is 15.0 Å². The number of rotatable bonds is 4. The van der Waals surface area contributed by atoms with Gasteiger partial charge in [0.25, 0.3) is 0 Å². The fourth-order valence-electron chi connectivity index (χ4n) is 1.71. The SMILES string of the molecule is Cc1ccc(Br)c(C(O)C(O)CNC(=O)OC(C)(C)C)c1. The summed E-state index contributed by atoms with van der Waals surface area (Å²) in [6.45, 7) is 7.05. The molecule has 0 aromatic heterocycles. The van der Waals surface area contributed by atoms with E-state index in [0.717, 1.165) is 5.56 Å². The van der Waals surface area contributed by atoms with Crippen LogP contribution in [0.25, 0.3) is 0 Å². The predicted molar refractivity (Wildman–Crippen MR) is 84.1 cm³/mol. The van der Waals surface area contributed by atoms with E-state index >= 15 is 0 Å². The molecule has 2 unspecified atom stereocenters. The average molecular weight is 360 g/mol. The highest BCUT2D eigenvalue weighted by Crippen LogP contribution is 2.26. The number of hydrogen-bond acceptors (Lipinski definition) is 4. The number of aliphatic hydroxyl groups excluding tert-OH is 2. The van der Waals surface area contributed by atoms with Gasteiger partial charge in [0, 0.05) is 11.0 Å². The van der Waals surface area contributed by atoms with Gasteiger partial charge in [0.05, 0.1) is 0 Å². The minimum atomic E-state index is -1.13. The first-order valence-electron chi connectivity index (χ1n) is 6.69. The van der Waals surface area contributed by atoms with Gasteiger partial charge in [0.2, 0.25) is 0 Å². The van der Waals surface area contributed by atoms with Gasteiger partial charge in [0.15, 0.2) is 0 Å². The van der Waals surface area contributed by atoms with Crippen LogP contribution in [0.1, 0.15) is 38.0 Å². The number of halogens is 1. The normalized spacial score (nSPS) is 14.4. The van der Waals surface area contributed by atoms with Crippen LogP contribution in [-0.4, -0.2) is 34.6 Å². The monoisotopic (exact) mass is 359 g/mol. The van der Waals surface area contributed by atoms with Gasteiger partial charge in [0.1, 0.15) is 17.8 Å². The number of benzene rings is 1. The first-order chi connectivity index (χ1) is 9.60. The predicted octanol–water partition coefficient (Wildman–Crippen LogP) is 2.68. The van der Waals surface area contributed by atoms with Gasteiger partial charge in [-0.3, -0.25) is 0 Å². The molecule has 118 valence electrons. The smallest absolute Gasteiger partial charge is 0.407 e. The van der Waals surface area contributed by atoms with Crippen LogP contribution in [0, 0.1) is 6.92 Å². The maximum Gasteiger partial charge on any atom is 0.407 e. The number of aryl methyl sites for hydroxylation is 1. The van der Waals surface area contributed by atoms with E-state index < -0.39 is 23.9 Å². The van der Waals surface area contributed by atoms with Crippen molar-refractivity contribution >= 4 is 22.0 Å². The molecule has 0 saturated carbocycles. The molecule has 2 atom stereocenters. The van der Waals surface area contributed by atoms with Crippen molar-refractivity contribution < 1.29 is 19.7 Å². The minimum Gasteiger partial charge on any atom is -0.444 e. The zero-order chi connectivity index (χ0) is 16.2. The summed E-state index contributed by atoms with van der Waals surface area (Å²) in [5.74, 6) is 0. The van der Waals surface area contributed by atoms with Gasteiger partial charge in [-0.15, -0.1) is 0 Å². The summed E-state index contributed by atoms with van der Waals surface area (Å²) >= 11 is 3.34. The summed E-state index contributed by atoms with van der Waals surface area (Å²) < 4.78 is 5.77. The van der Waals surface area contributed by atoms with Crippen LogP contribution in [0.2, 0.25) is 0 Å². The van der Waals surface area contributed by atoms with Crippen molar-refractivity contribution in [3.8, 4) is 0 Å². The summed E-state index contributed by atoms with van der Waals surface area (Å²) in [5.41, 5.74) is 0.945. The Hall–Kier alpha value is -1.11. The van der Waals surface area contributed by atoms with Crippen molar-refractivity contribution in [1.29, 1.82) is 0 Å². The van der Waals surface area contributed by atoms with E-state index in [1.807, 2.05) is 19.1 Å². The van der Waals surface area contributed by atoms with Crippen molar-refractivity contribution in [1.82, 2.24) is 5.32 Å². The summed E-state index contributed by atoms with van der Waals surface area (Å²) in [6.07, 6.45) is -2.86. The van der Waals surface area contributed by atoms with Crippen LogP contribution in [0.15, 0.2) is 22.7 Å². The zero-order valence-corrected chi connectivity index (χ0v) is 14.3. The number of aliphatic hydroxyl groups is 2. The van der Waals surface area contributed by atoms with Gasteiger partial charge in [-0.25, -0.2) is 4.79 Å². The van der Waals surface area contributed by atoms with Crippen LogP contribution in [0.5, 0.6) is 0 Å². The highest BCUT2D eigenvalue weighted by Gasteiger charge is 2.23. The second kappa shape index (κ2) is 7.24. The number of hydrogen-bond donors (Lipinski definition) is 3. The molecule has 0 spiro atoms. The van der Waals surface area contributed by atoms with Crippen molar-refractivity contribution in [3.05, 3.63) is 33.8 Å². The van der Waals surface area contributed by atoms with E-state index in [1.165, 1.54) is 0 Å². The summed E-state index contributed by atoms with van der Waals surface area (Å²) in [6, 6.07) is 5.49. The van der Waals surface area contributed by atoms with Crippen LogP contribution >= 0.6 is 15.9 Å². The number of carbonyl (C=O) groups is 1. The number of carbonyl (C=O) groups excluding carboxylic acids is 1. The molecule has 0 aliphatic carbocycles. The molecule has 0 aliphatic rings. The highest BCUT2D eigenvalue weighted by atomic mass is 79.9. The standard InChI is InChI=1S/C15H22BrNO4/c1-9-5-6-11(16)10(7-9)13(19)12(18)8-17-14(20)21-15(2,3)4/h5-7,12-13,18-19H,8H2,1-4H3,(H,17,20). The zero-order valence-electron chi connectivity index (χ0n) is 12.7. The Morgan fingerprint density at radius 3 is 2.57 bits per heavy atom. The molecule has 0 fully saturated rings. The Morgan fingerprint density at radius 1 is 1.38 bits per heavy atom. The molecule has 1 amide bonds. The van der Waals surface area contributed by atoms with E-state index in [1.54, 1.807) is 26.8 Å². The quantitative estimate of drug-likeness (QED) is 0.772. The molecular weight excluding hydrogens is 338 g/mol. The largest absolute Gasteiger partial charge is 0.444 e. The van der Waals surface area contributed by atoms with E-state index in [2.05, 4.69) is 21.2 Å². The molecule has 1 aromatic rings. The molecule has 6 heteroatoms. The molecule has 0 aliphatic heterocycles. The van der Waals surface area contributed by atoms with Crippen LogP contribution in [-0.2, 0) is 4.74 Å². The summed E-state index contributed by atoms with van der Waals surface area (Å²) in [5, 5.41) is 22.6. The van der Waals surface area contributed by atoms with Gasteiger partial charge >= 0.3 is 6.09 Å². The van der Waals surface area contributed by atoms with Crippen molar-refractivity contribution in [2.24, 2.45) is 0 Å². The maximum absolute atomic E-state index is 11.5. The Labute approximate surface area is 133 Å². The Balaban J connectivity index is 2.61. The van der Waals surface area contributed by atoms with E-state index in [0.29, 0.717) is 10.0 Å². The molecule has 5 nitrogen and oxygen atoms in total. The van der Waals surface area contributed by atoms with E-state index in [4.69, 9.17) is 4.74 Å². The molecule has 1 aromatic carbocycles. The van der Waals surface area contributed by atoms with Gasteiger partial charge in [-0.05, 0) is 39.3 Å². The van der Waals surface area contributed by atoms with Crippen molar-refractivity contribution in [2.45, 2.75) is 45.5 Å². The Bertz CT molecular complexity index is 499. The lowest BCUT2D eigenvalue weighted by Crippen LogP contribution is -2.38. The second-order valence-corrected chi connectivity index (χ2v) is 6.77. The lowest BCUT2D eigenvalue weighted by Gasteiger charge is -2.23. The number of amides is 1. The maximum atomic E-state index is 11.5. The third kappa shape index (κ3) is 6.03. The van der Waals surface area contributed by atoms with Gasteiger partial charge in [-0.1, -0.05) is 33.6 Å². The van der Waals surface area contributed by atoms with Crippen molar-refractivity contribution in [3.63, 3.8) is 0 Å². The molecule has 1 rings (SSSR count). The molecule has 0 saturated heterocycles. The number of nitrogens with one attached hydrogen (secondary N) is 1. The van der Waals surface area contributed by atoms with Crippen LogP contribution in [0.4, 0.5) is 4.79 Å². The number of ether oxygens (including phenoxy) is 1. The topological polar surface area (TPSA) is 78.8 Å². The minimum absolute atomic E-state index is 0.101. The Morgan fingerprint density at radius 2 is 2.00 bits per heavy atom. The molecular formula is C15H22BrNO4. The van der Waals surface area contributed by atoms with E-state index in [-0.39, 0.29) is 6.54 Å². The van der Waals surface area contributed by atoms with Gasteiger partial charge < -0.3 is 20.3 Å². The van der Waals surface area contributed by atoms with Gasteiger partial charge in [-0.2, -0.15) is 0 Å². The lowest BCUT2D eigenvalue weighted by molar-refractivity contribution is 0.0126. The number of alkyl carbamates (subject to hydrolysis) is 1. The fraction of sp³-hybridized carbons (Fsp3) is 0.533.